The second-order valence-corrected chi connectivity index (χ2v) is 8.66. The summed E-state index contributed by atoms with van der Waals surface area (Å²) in [7, 11) is 0. The van der Waals surface area contributed by atoms with Crippen molar-refractivity contribution in [2.45, 2.75) is 45.1 Å². The third-order valence-corrected chi connectivity index (χ3v) is 6.52. The van der Waals surface area contributed by atoms with E-state index in [2.05, 4.69) is 31.5 Å². The van der Waals surface area contributed by atoms with Crippen LogP contribution in [-0.2, 0) is 10.4 Å². The molecule has 1 aliphatic rings. The molecule has 0 bridgehead atoms. The van der Waals surface area contributed by atoms with Crippen LogP contribution in [0.25, 0.3) is 10.4 Å². The van der Waals surface area contributed by atoms with Crippen LogP contribution in [0.1, 0.15) is 42.1 Å². The number of carboxylic acid groups (broad SMARTS) is 1. The van der Waals surface area contributed by atoms with Gasteiger partial charge >= 0.3 is 5.97 Å². The molecule has 1 aromatic carbocycles. The molecule has 0 radical (unpaired) electrons. The van der Waals surface area contributed by atoms with Gasteiger partial charge in [0.1, 0.15) is 16.4 Å². The quantitative estimate of drug-likeness (QED) is 0.502. The first-order valence-electron chi connectivity index (χ1n) is 9.52. The minimum Gasteiger partial charge on any atom is -0.481 e. The highest BCUT2D eigenvalue weighted by Crippen LogP contribution is 2.43. The number of aliphatic hydroxyl groups is 1. The number of aromatic nitrogens is 4. The molecule has 9 heteroatoms. The van der Waals surface area contributed by atoms with Crippen molar-refractivity contribution in [3.63, 3.8) is 0 Å². The minimum absolute atomic E-state index is 0.376. The van der Waals surface area contributed by atoms with Crippen LogP contribution in [0, 0.1) is 19.8 Å². The molecule has 29 heavy (non-hydrogen) atoms. The number of nitrogens with zero attached hydrogens (tertiary/aromatic N) is 3. The van der Waals surface area contributed by atoms with Gasteiger partial charge in [-0.1, -0.05) is 6.07 Å². The molecule has 1 aliphatic carbocycles. The molecule has 8 nitrogen and oxygen atoms in total. The van der Waals surface area contributed by atoms with Crippen molar-refractivity contribution >= 4 is 28.9 Å². The number of nitrogens with one attached hydrogen (secondary N) is 2. The van der Waals surface area contributed by atoms with Crippen LogP contribution in [0.3, 0.4) is 0 Å². The van der Waals surface area contributed by atoms with E-state index in [9.17, 15) is 15.0 Å². The zero-order valence-electron chi connectivity index (χ0n) is 16.3. The Bertz CT molecular complexity index is 1040. The summed E-state index contributed by atoms with van der Waals surface area (Å²) in [5.41, 5.74) is 1.89. The number of thiazole rings is 1. The number of hydrogen-bond donors (Lipinski definition) is 4. The maximum Gasteiger partial charge on any atom is 0.306 e. The predicted octanol–water partition coefficient (Wildman–Crippen LogP) is 3.75. The smallest absolute Gasteiger partial charge is 0.306 e. The van der Waals surface area contributed by atoms with Gasteiger partial charge in [0.15, 0.2) is 0 Å². The Balaban J connectivity index is 1.55. The largest absolute Gasteiger partial charge is 0.481 e. The van der Waals surface area contributed by atoms with Crippen LogP contribution < -0.4 is 5.32 Å². The SMILES string of the molecule is Cc1cc(Nc2n[nH]c(C)n2)cc(-c2cnc(C3(O)CCC(C(=O)O)CC3)s2)c1. The monoisotopic (exact) mass is 413 g/mol. The molecule has 152 valence electrons. The molecule has 0 spiro atoms. The molecule has 1 saturated carbocycles. The van der Waals surface area contributed by atoms with Crippen molar-refractivity contribution in [2.75, 3.05) is 5.32 Å². The standard InChI is InChI=1S/C20H23N5O3S/c1-11-7-14(9-15(8-11)23-19-22-12(2)24-25-19)16-10-21-18(29-16)20(28)5-3-13(4-6-20)17(26)27/h7-10,13,28H,3-6H2,1-2H3,(H,26,27)(H2,22,23,24,25). The van der Waals surface area contributed by atoms with E-state index in [1.165, 1.54) is 11.3 Å². The highest BCUT2D eigenvalue weighted by atomic mass is 32.1. The van der Waals surface area contributed by atoms with Crippen molar-refractivity contribution in [3.8, 4) is 10.4 Å². The normalized spacial score (nSPS) is 21.8. The lowest BCUT2D eigenvalue weighted by atomic mass is 9.79. The van der Waals surface area contributed by atoms with Crippen molar-refractivity contribution in [2.24, 2.45) is 5.92 Å². The summed E-state index contributed by atoms with van der Waals surface area (Å²) in [5, 5.41) is 31.0. The fourth-order valence-corrected chi connectivity index (χ4v) is 4.75. The van der Waals surface area contributed by atoms with Crippen molar-refractivity contribution < 1.29 is 15.0 Å². The third-order valence-electron chi connectivity index (χ3n) is 5.28. The number of aromatic amines is 1. The summed E-state index contributed by atoms with van der Waals surface area (Å²) in [6.45, 7) is 3.86. The van der Waals surface area contributed by atoms with Gasteiger partial charge in [0, 0.05) is 11.9 Å². The summed E-state index contributed by atoms with van der Waals surface area (Å²) >= 11 is 1.46. The minimum atomic E-state index is -1.05. The van der Waals surface area contributed by atoms with Gasteiger partial charge in [-0.3, -0.25) is 9.89 Å². The average molecular weight is 414 g/mol. The van der Waals surface area contributed by atoms with Crippen LogP contribution in [0.15, 0.2) is 24.4 Å². The Morgan fingerprint density at radius 2 is 2.03 bits per heavy atom. The van der Waals surface area contributed by atoms with Gasteiger partial charge in [-0.15, -0.1) is 16.4 Å². The highest BCUT2D eigenvalue weighted by Gasteiger charge is 2.39. The van der Waals surface area contributed by atoms with E-state index in [0.29, 0.717) is 36.6 Å². The fourth-order valence-electron chi connectivity index (χ4n) is 3.70. The number of aryl methyl sites for hydroxylation is 2. The average Bonchev–Trinajstić information content (AvgIpc) is 3.31. The lowest BCUT2D eigenvalue weighted by molar-refractivity contribution is -0.145. The molecule has 4 N–H and O–H groups in total. The van der Waals surface area contributed by atoms with Gasteiger partial charge in [0.05, 0.1) is 10.8 Å². The molecule has 0 amide bonds. The van der Waals surface area contributed by atoms with E-state index in [1.54, 1.807) is 6.20 Å². The Kier molecular flexibility index (Phi) is 5.10. The molecule has 0 unspecified atom stereocenters. The molecule has 3 aromatic rings. The number of aliphatic carboxylic acids is 1. The first-order chi connectivity index (χ1) is 13.8. The summed E-state index contributed by atoms with van der Waals surface area (Å²) in [4.78, 5) is 20.9. The van der Waals surface area contributed by atoms with E-state index in [-0.39, 0.29) is 5.92 Å². The second kappa shape index (κ2) is 7.57. The molecule has 2 heterocycles. The first-order valence-corrected chi connectivity index (χ1v) is 10.3. The van der Waals surface area contributed by atoms with Crippen LogP contribution in [-0.4, -0.2) is 36.3 Å². The molecule has 2 aromatic heterocycles. The van der Waals surface area contributed by atoms with Gasteiger partial charge in [-0.05, 0) is 62.8 Å². The summed E-state index contributed by atoms with van der Waals surface area (Å²) in [5.74, 6) is 0.0829. The van der Waals surface area contributed by atoms with Crippen molar-refractivity contribution in [1.82, 2.24) is 20.2 Å². The number of anilines is 2. The lowest BCUT2D eigenvalue weighted by Gasteiger charge is -2.32. The Hall–Kier alpha value is -2.78. The highest BCUT2D eigenvalue weighted by molar-refractivity contribution is 7.15. The molecule has 1 fully saturated rings. The summed E-state index contributed by atoms with van der Waals surface area (Å²) in [6, 6.07) is 6.08. The van der Waals surface area contributed by atoms with Crippen molar-refractivity contribution in [1.29, 1.82) is 0 Å². The zero-order valence-corrected chi connectivity index (χ0v) is 17.1. The second-order valence-electron chi connectivity index (χ2n) is 7.63. The van der Waals surface area contributed by atoms with Crippen molar-refractivity contribution in [3.05, 3.63) is 40.8 Å². The van der Waals surface area contributed by atoms with E-state index in [4.69, 9.17) is 0 Å². The van der Waals surface area contributed by atoms with E-state index in [0.717, 1.165) is 27.5 Å². The number of hydrogen-bond acceptors (Lipinski definition) is 7. The maximum atomic E-state index is 11.2. The van der Waals surface area contributed by atoms with Gasteiger partial charge in [-0.2, -0.15) is 4.98 Å². The number of benzene rings is 1. The van der Waals surface area contributed by atoms with E-state index >= 15 is 0 Å². The molecule has 0 saturated heterocycles. The number of rotatable bonds is 5. The maximum absolute atomic E-state index is 11.2. The van der Waals surface area contributed by atoms with Crippen LogP contribution in [0.2, 0.25) is 0 Å². The van der Waals surface area contributed by atoms with Crippen LogP contribution in [0.5, 0.6) is 0 Å². The molecular formula is C20H23N5O3S. The van der Waals surface area contributed by atoms with Gasteiger partial charge < -0.3 is 15.5 Å². The van der Waals surface area contributed by atoms with Crippen LogP contribution >= 0.6 is 11.3 Å². The zero-order chi connectivity index (χ0) is 20.6. The molecule has 4 rings (SSSR count). The first kappa shape index (κ1) is 19.5. The predicted molar refractivity (Wildman–Crippen MR) is 110 cm³/mol. The number of H-pyrrole nitrogens is 1. The molecule has 0 atom stereocenters. The van der Waals surface area contributed by atoms with Gasteiger partial charge in [-0.25, -0.2) is 4.98 Å². The van der Waals surface area contributed by atoms with Gasteiger partial charge in [0.25, 0.3) is 0 Å². The molecule has 0 aliphatic heterocycles. The lowest BCUT2D eigenvalue weighted by Crippen LogP contribution is -2.33. The Morgan fingerprint density at radius 3 is 2.69 bits per heavy atom. The van der Waals surface area contributed by atoms with E-state index < -0.39 is 11.6 Å². The topological polar surface area (TPSA) is 124 Å². The summed E-state index contributed by atoms with van der Waals surface area (Å²) in [6.07, 6.45) is 3.55. The number of carboxylic acids is 1. The number of carbonyl (C=O) groups is 1. The fraction of sp³-hybridized carbons (Fsp3) is 0.400. The Labute approximate surface area is 172 Å². The Morgan fingerprint density at radius 1 is 1.28 bits per heavy atom. The van der Waals surface area contributed by atoms with Crippen LogP contribution in [0.4, 0.5) is 11.6 Å². The van der Waals surface area contributed by atoms with Gasteiger partial charge in [0.2, 0.25) is 5.95 Å². The third kappa shape index (κ3) is 4.15. The summed E-state index contributed by atoms with van der Waals surface area (Å²) < 4.78 is 0. The molecular weight excluding hydrogens is 390 g/mol. The van der Waals surface area contributed by atoms with E-state index in [1.807, 2.05) is 26.0 Å².